The molecule has 1 N–H and O–H groups in total. The third-order valence-corrected chi connectivity index (χ3v) is 6.26. The van der Waals surface area contributed by atoms with E-state index in [0.29, 0.717) is 0 Å². The van der Waals surface area contributed by atoms with Crippen LogP contribution >= 0.6 is 0 Å². The quantitative estimate of drug-likeness (QED) is 0.385. The Morgan fingerprint density at radius 3 is 2.38 bits per heavy atom. The molecule has 0 radical (unpaired) electrons. The first-order chi connectivity index (χ1) is 16.2. The molecule has 1 aliphatic heterocycles. The first kappa shape index (κ1) is 23.4. The molecule has 178 valence electrons. The molecule has 1 saturated carbocycles. The van der Waals surface area contributed by atoms with Gasteiger partial charge in [-0.15, -0.1) is 0 Å². The number of nitrogens with zero attached hydrogens (tertiary/aromatic N) is 1. The van der Waals surface area contributed by atoms with Crippen LogP contribution in [0, 0.1) is 6.92 Å². The number of hydrogen-bond acceptors (Lipinski definition) is 7. The Hall–Kier alpha value is -3.75. The number of carbonyl (C=O) groups excluding carboxylic acids is 5. The molecular formula is C25H26N2O7. The highest BCUT2D eigenvalue weighted by atomic mass is 16.5. The number of ether oxygens (including phenoxy) is 1. The van der Waals surface area contributed by atoms with Gasteiger partial charge in [-0.05, 0) is 51.8 Å². The van der Waals surface area contributed by atoms with Crippen molar-refractivity contribution in [3.8, 4) is 0 Å². The van der Waals surface area contributed by atoms with E-state index in [0.717, 1.165) is 32.1 Å². The Balaban J connectivity index is 1.62. The number of esters is 1. The molecule has 2 aliphatic rings. The maximum absolute atomic E-state index is 13.0. The Morgan fingerprint density at radius 2 is 1.74 bits per heavy atom. The summed E-state index contributed by atoms with van der Waals surface area (Å²) in [7, 11) is 0. The Bertz CT molecular complexity index is 1200. The molecule has 2 aromatic rings. The van der Waals surface area contributed by atoms with Crippen molar-refractivity contribution >= 4 is 35.4 Å². The summed E-state index contributed by atoms with van der Waals surface area (Å²) >= 11 is 0. The van der Waals surface area contributed by atoms with Crippen LogP contribution in [0.3, 0.4) is 0 Å². The highest BCUT2D eigenvalue weighted by Crippen LogP contribution is 2.32. The second-order valence-electron chi connectivity index (χ2n) is 8.50. The molecule has 9 nitrogen and oxygen atoms in total. The number of carbonyl (C=O) groups is 5. The molecule has 1 fully saturated rings. The number of amides is 3. The largest absolute Gasteiger partial charge is 0.462 e. The van der Waals surface area contributed by atoms with E-state index in [1.165, 1.54) is 36.9 Å². The lowest BCUT2D eigenvalue weighted by atomic mass is 9.94. The lowest BCUT2D eigenvalue weighted by Crippen LogP contribution is -2.40. The number of hydrogen-bond donors (Lipinski definition) is 1. The van der Waals surface area contributed by atoms with E-state index < -0.39 is 23.6 Å². The lowest BCUT2D eigenvalue weighted by Gasteiger charge is -2.29. The number of rotatable bonds is 6. The summed E-state index contributed by atoms with van der Waals surface area (Å²) in [6.45, 7) is 4.49. The molecular weight excluding hydrogens is 440 g/mol. The molecule has 0 bridgehead atoms. The van der Waals surface area contributed by atoms with Crippen molar-refractivity contribution in [3.05, 3.63) is 51.8 Å². The number of imide groups is 1. The van der Waals surface area contributed by atoms with Gasteiger partial charge in [0, 0.05) is 11.6 Å². The highest BCUT2D eigenvalue weighted by molar-refractivity contribution is 6.22. The Morgan fingerprint density at radius 1 is 1.06 bits per heavy atom. The van der Waals surface area contributed by atoms with E-state index in [2.05, 4.69) is 5.32 Å². The highest BCUT2D eigenvalue weighted by Gasteiger charge is 2.40. The van der Waals surface area contributed by atoms with E-state index in [-0.39, 0.29) is 58.0 Å². The van der Waals surface area contributed by atoms with Gasteiger partial charge in [-0.1, -0.05) is 19.3 Å². The average molecular weight is 466 g/mol. The smallest absolute Gasteiger partial charge is 0.344 e. The van der Waals surface area contributed by atoms with Gasteiger partial charge >= 0.3 is 5.97 Å². The fourth-order valence-corrected chi connectivity index (χ4v) is 4.70. The normalized spacial score (nSPS) is 15.9. The summed E-state index contributed by atoms with van der Waals surface area (Å²) in [5.41, 5.74) is 0.433. The van der Waals surface area contributed by atoms with Gasteiger partial charge in [-0.25, -0.2) is 4.79 Å². The van der Waals surface area contributed by atoms with Crippen LogP contribution in [-0.2, 0) is 4.74 Å². The molecule has 1 aromatic carbocycles. The van der Waals surface area contributed by atoms with E-state index in [1.54, 1.807) is 6.92 Å². The summed E-state index contributed by atoms with van der Waals surface area (Å²) in [5, 5.41) is 2.51. The topological polar surface area (TPSA) is 123 Å². The van der Waals surface area contributed by atoms with E-state index in [1.807, 2.05) is 0 Å². The number of Topliss-reactive ketones (excluding diaryl/α,β-unsaturated/α-hetero) is 1. The lowest BCUT2D eigenvalue weighted by molar-refractivity contribution is 0.0519. The van der Waals surface area contributed by atoms with Crippen LogP contribution in [0.2, 0.25) is 0 Å². The predicted molar refractivity (Wildman–Crippen MR) is 121 cm³/mol. The predicted octanol–water partition coefficient (Wildman–Crippen LogP) is 4.15. The summed E-state index contributed by atoms with van der Waals surface area (Å²) in [4.78, 5) is 64.7. The number of benzene rings is 1. The number of ketones is 1. The van der Waals surface area contributed by atoms with Crippen molar-refractivity contribution in [1.82, 2.24) is 4.90 Å². The zero-order valence-electron chi connectivity index (χ0n) is 19.4. The number of anilines is 1. The Kier molecular flexibility index (Phi) is 6.37. The number of fused-ring (bicyclic) bond motifs is 1. The third kappa shape index (κ3) is 4.02. The maximum Gasteiger partial charge on any atom is 0.344 e. The van der Waals surface area contributed by atoms with Crippen molar-refractivity contribution in [1.29, 1.82) is 0 Å². The summed E-state index contributed by atoms with van der Waals surface area (Å²) in [6, 6.07) is 4.16. The van der Waals surface area contributed by atoms with Crippen molar-refractivity contribution in [2.75, 3.05) is 11.9 Å². The second-order valence-corrected chi connectivity index (χ2v) is 8.50. The molecule has 1 aliphatic carbocycles. The first-order valence-corrected chi connectivity index (χ1v) is 11.4. The van der Waals surface area contributed by atoms with Gasteiger partial charge in [0.2, 0.25) is 5.88 Å². The van der Waals surface area contributed by atoms with Gasteiger partial charge in [0.15, 0.2) is 5.78 Å². The van der Waals surface area contributed by atoms with Crippen LogP contribution in [0.15, 0.2) is 22.6 Å². The Labute approximate surface area is 196 Å². The van der Waals surface area contributed by atoms with Crippen LogP contribution in [0.4, 0.5) is 5.88 Å². The van der Waals surface area contributed by atoms with Crippen molar-refractivity contribution < 1.29 is 33.1 Å². The first-order valence-electron chi connectivity index (χ1n) is 11.4. The maximum atomic E-state index is 13.0. The van der Waals surface area contributed by atoms with E-state index >= 15 is 0 Å². The molecule has 2 heterocycles. The molecule has 0 saturated heterocycles. The number of aryl methyl sites for hydroxylation is 1. The van der Waals surface area contributed by atoms with Crippen LogP contribution in [0.5, 0.6) is 0 Å². The third-order valence-electron chi connectivity index (χ3n) is 6.26. The van der Waals surface area contributed by atoms with Gasteiger partial charge in [0.05, 0.1) is 23.3 Å². The van der Waals surface area contributed by atoms with Crippen molar-refractivity contribution in [2.24, 2.45) is 0 Å². The van der Waals surface area contributed by atoms with Crippen LogP contribution in [0.25, 0.3) is 0 Å². The molecule has 0 atom stereocenters. The summed E-state index contributed by atoms with van der Waals surface area (Å²) < 4.78 is 10.5. The minimum atomic E-state index is -0.794. The summed E-state index contributed by atoms with van der Waals surface area (Å²) in [5.74, 6) is -2.64. The van der Waals surface area contributed by atoms with E-state index in [4.69, 9.17) is 9.15 Å². The van der Waals surface area contributed by atoms with Crippen molar-refractivity contribution in [2.45, 2.75) is 58.9 Å². The van der Waals surface area contributed by atoms with Crippen molar-refractivity contribution in [3.63, 3.8) is 0 Å². The van der Waals surface area contributed by atoms with Crippen LogP contribution in [-0.4, -0.2) is 47.0 Å². The number of nitrogens with one attached hydrogen (secondary N) is 1. The minimum Gasteiger partial charge on any atom is -0.462 e. The van der Waals surface area contributed by atoms with Crippen LogP contribution < -0.4 is 5.32 Å². The zero-order chi connectivity index (χ0) is 24.6. The molecule has 0 spiro atoms. The van der Waals surface area contributed by atoms with Gasteiger partial charge in [0.1, 0.15) is 11.3 Å². The number of furan rings is 1. The fraction of sp³-hybridized carbons (Fsp3) is 0.400. The zero-order valence-corrected chi connectivity index (χ0v) is 19.4. The van der Waals surface area contributed by atoms with Gasteiger partial charge < -0.3 is 9.15 Å². The SMILES string of the molecule is CCOC(=O)c1c(NC(=O)c2ccc3c(c2)C(=O)N(C2CCCCC2)C3=O)oc(C)c1C(C)=O. The van der Waals surface area contributed by atoms with Crippen LogP contribution in [0.1, 0.15) is 104 Å². The van der Waals surface area contributed by atoms with Gasteiger partial charge in [-0.3, -0.25) is 29.4 Å². The monoisotopic (exact) mass is 466 g/mol. The van der Waals surface area contributed by atoms with Gasteiger partial charge in [-0.2, -0.15) is 0 Å². The minimum absolute atomic E-state index is 0.0339. The fourth-order valence-electron chi connectivity index (χ4n) is 4.70. The average Bonchev–Trinajstić information content (AvgIpc) is 3.27. The molecule has 3 amide bonds. The molecule has 0 unspecified atom stereocenters. The van der Waals surface area contributed by atoms with Gasteiger partial charge in [0.25, 0.3) is 17.7 Å². The molecule has 1 aromatic heterocycles. The molecule has 4 rings (SSSR count). The standard InChI is InChI=1S/C25H26N2O7/c1-4-33-25(32)20-19(13(2)28)14(3)34-22(20)26-21(29)15-10-11-17-18(12-15)24(31)27(23(17)30)16-8-6-5-7-9-16/h10-12,16H,4-9H2,1-3H3,(H,26,29). The second kappa shape index (κ2) is 9.24. The van der Waals surface area contributed by atoms with E-state index in [9.17, 15) is 24.0 Å². The molecule has 9 heteroatoms. The molecule has 34 heavy (non-hydrogen) atoms. The summed E-state index contributed by atoms with van der Waals surface area (Å²) in [6.07, 6.45) is 4.60.